The van der Waals surface area contributed by atoms with Gasteiger partial charge < -0.3 is 4.40 Å². The van der Waals surface area contributed by atoms with E-state index in [-0.39, 0.29) is 0 Å². The lowest BCUT2D eigenvalue weighted by Crippen LogP contribution is -1.97. The van der Waals surface area contributed by atoms with Crippen LogP contribution < -0.4 is 0 Å². The number of pyridine rings is 1. The van der Waals surface area contributed by atoms with Crippen LogP contribution in [0.1, 0.15) is 22.5 Å². The molecule has 118 valence electrons. The summed E-state index contributed by atoms with van der Waals surface area (Å²) in [5.41, 5.74) is 4.54. The van der Waals surface area contributed by atoms with Gasteiger partial charge in [0.05, 0.1) is 11.1 Å². The Bertz CT molecular complexity index is 1100. The number of nitriles is 1. The molecule has 0 aromatic carbocycles. The first kappa shape index (κ1) is 14.7. The Morgan fingerprint density at radius 1 is 1.25 bits per heavy atom. The predicted octanol–water partition coefficient (Wildman–Crippen LogP) is 3.16. The largest absolute Gasteiger partial charge is 0.322 e. The van der Waals surface area contributed by atoms with Gasteiger partial charge in [0, 0.05) is 29.5 Å². The van der Waals surface area contributed by atoms with Crippen molar-refractivity contribution >= 4 is 23.1 Å². The molecule has 0 atom stereocenters. The standard InChI is InChI=1S/C17H14N6S/c1-11-7-12(2)23-16(19-11)20-17(21-23)24-10-13-9-22-6-4-3-5-15(22)14(13)8-18/h3-7,9H,10H2,1-2H3. The fourth-order valence-electron chi connectivity index (χ4n) is 2.77. The van der Waals surface area contributed by atoms with E-state index < -0.39 is 0 Å². The SMILES string of the molecule is Cc1cc(C)n2nc(SCc3cn4ccccc4c3C#N)nc2n1. The molecule has 0 aliphatic heterocycles. The van der Waals surface area contributed by atoms with E-state index in [1.165, 1.54) is 11.8 Å². The Balaban J connectivity index is 1.66. The highest BCUT2D eigenvalue weighted by Crippen LogP contribution is 2.25. The minimum Gasteiger partial charge on any atom is -0.322 e. The van der Waals surface area contributed by atoms with Gasteiger partial charge in [-0.3, -0.25) is 0 Å². The van der Waals surface area contributed by atoms with Crippen LogP contribution in [0.5, 0.6) is 0 Å². The van der Waals surface area contributed by atoms with E-state index in [2.05, 4.69) is 21.1 Å². The van der Waals surface area contributed by atoms with Gasteiger partial charge in [0.25, 0.3) is 5.78 Å². The van der Waals surface area contributed by atoms with Crippen LogP contribution in [0.15, 0.2) is 41.8 Å². The summed E-state index contributed by atoms with van der Waals surface area (Å²) in [4.78, 5) is 8.87. The second-order valence-electron chi connectivity index (χ2n) is 5.57. The first-order valence-electron chi connectivity index (χ1n) is 7.48. The maximum atomic E-state index is 9.47. The number of fused-ring (bicyclic) bond motifs is 2. The number of aryl methyl sites for hydroxylation is 2. The predicted molar refractivity (Wildman–Crippen MR) is 91.9 cm³/mol. The first-order valence-corrected chi connectivity index (χ1v) is 8.47. The van der Waals surface area contributed by atoms with Crippen LogP contribution in [0.2, 0.25) is 0 Å². The molecular formula is C17H14N6S. The van der Waals surface area contributed by atoms with Crippen molar-refractivity contribution in [2.45, 2.75) is 24.8 Å². The Labute approximate surface area is 142 Å². The van der Waals surface area contributed by atoms with Gasteiger partial charge >= 0.3 is 0 Å². The highest BCUT2D eigenvalue weighted by atomic mass is 32.2. The van der Waals surface area contributed by atoms with E-state index in [1.807, 2.05) is 54.9 Å². The molecule has 0 bridgehead atoms. The molecule has 0 saturated carbocycles. The minimum atomic E-state index is 0.609. The van der Waals surface area contributed by atoms with Crippen molar-refractivity contribution in [2.75, 3.05) is 0 Å². The number of nitrogens with zero attached hydrogens (tertiary/aromatic N) is 6. The quantitative estimate of drug-likeness (QED) is 0.538. The van der Waals surface area contributed by atoms with Crippen LogP contribution in [0.3, 0.4) is 0 Å². The lowest BCUT2D eigenvalue weighted by molar-refractivity contribution is 0.843. The van der Waals surface area contributed by atoms with Crippen LogP contribution >= 0.6 is 11.8 Å². The maximum Gasteiger partial charge on any atom is 0.253 e. The zero-order valence-electron chi connectivity index (χ0n) is 13.3. The van der Waals surface area contributed by atoms with E-state index in [9.17, 15) is 5.26 Å². The molecule has 4 aromatic rings. The zero-order valence-corrected chi connectivity index (χ0v) is 14.1. The number of hydrogen-bond donors (Lipinski definition) is 0. The summed E-state index contributed by atoms with van der Waals surface area (Å²) in [6.45, 7) is 3.93. The van der Waals surface area contributed by atoms with Crippen molar-refractivity contribution in [3.8, 4) is 6.07 Å². The molecule has 0 radical (unpaired) electrons. The van der Waals surface area contributed by atoms with E-state index in [1.54, 1.807) is 4.52 Å². The second kappa shape index (κ2) is 5.65. The van der Waals surface area contributed by atoms with E-state index in [0.29, 0.717) is 22.3 Å². The van der Waals surface area contributed by atoms with Gasteiger partial charge in [-0.1, -0.05) is 17.8 Å². The fourth-order valence-corrected chi connectivity index (χ4v) is 3.56. The molecule has 4 heterocycles. The molecule has 4 aromatic heterocycles. The molecule has 0 aliphatic carbocycles. The van der Waals surface area contributed by atoms with Gasteiger partial charge in [0.2, 0.25) is 5.16 Å². The molecular weight excluding hydrogens is 320 g/mol. The third-order valence-electron chi connectivity index (χ3n) is 3.83. The normalized spacial score (nSPS) is 11.2. The summed E-state index contributed by atoms with van der Waals surface area (Å²) in [6, 6.07) is 10.1. The Morgan fingerprint density at radius 2 is 2.12 bits per heavy atom. The van der Waals surface area contributed by atoms with Crippen LogP contribution in [-0.2, 0) is 5.75 Å². The number of hydrogen-bond acceptors (Lipinski definition) is 5. The molecule has 0 fully saturated rings. The van der Waals surface area contributed by atoms with Gasteiger partial charge in [0.15, 0.2) is 0 Å². The summed E-state index contributed by atoms with van der Waals surface area (Å²) in [6.07, 6.45) is 3.94. The lowest BCUT2D eigenvalue weighted by Gasteiger charge is -1.97. The minimum absolute atomic E-state index is 0.609. The van der Waals surface area contributed by atoms with Gasteiger partial charge in [-0.05, 0) is 37.6 Å². The molecule has 4 rings (SSSR count). The third kappa shape index (κ3) is 2.41. The summed E-state index contributed by atoms with van der Waals surface area (Å²) in [5, 5.41) is 14.6. The summed E-state index contributed by atoms with van der Waals surface area (Å²) >= 11 is 1.51. The highest BCUT2D eigenvalue weighted by Gasteiger charge is 2.13. The van der Waals surface area contributed by atoms with Gasteiger partial charge in [-0.2, -0.15) is 10.2 Å². The zero-order chi connectivity index (χ0) is 16.7. The van der Waals surface area contributed by atoms with Crippen molar-refractivity contribution in [1.82, 2.24) is 24.0 Å². The van der Waals surface area contributed by atoms with Crippen molar-refractivity contribution in [1.29, 1.82) is 5.26 Å². The molecule has 0 unspecified atom stereocenters. The van der Waals surface area contributed by atoms with E-state index in [0.717, 1.165) is 22.5 Å². The Morgan fingerprint density at radius 3 is 2.96 bits per heavy atom. The van der Waals surface area contributed by atoms with Crippen LogP contribution in [0.4, 0.5) is 0 Å². The molecule has 0 N–H and O–H groups in total. The monoisotopic (exact) mass is 334 g/mol. The van der Waals surface area contributed by atoms with Crippen LogP contribution in [0, 0.1) is 25.2 Å². The smallest absolute Gasteiger partial charge is 0.253 e. The van der Waals surface area contributed by atoms with Gasteiger partial charge in [0.1, 0.15) is 6.07 Å². The van der Waals surface area contributed by atoms with Crippen LogP contribution in [-0.4, -0.2) is 24.0 Å². The number of thioether (sulfide) groups is 1. The third-order valence-corrected chi connectivity index (χ3v) is 4.72. The number of aromatic nitrogens is 5. The summed E-state index contributed by atoms with van der Waals surface area (Å²) in [7, 11) is 0. The first-order chi connectivity index (χ1) is 11.7. The summed E-state index contributed by atoms with van der Waals surface area (Å²) in [5.74, 6) is 1.25. The molecule has 6 nitrogen and oxygen atoms in total. The molecule has 0 amide bonds. The molecule has 24 heavy (non-hydrogen) atoms. The molecule has 0 spiro atoms. The van der Waals surface area contributed by atoms with Crippen molar-refractivity contribution in [3.05, 3.63) is 59.2 Å². The number of rotatable bonds is 3. The average Bonchev–Trinajstić information content (AvgIpc) is 3.13. The Hall–Kier alpha value is -2.85. The fraction of sp³-hybridized carbons (Fsp3) is 0.176. The lowest BCUT2D eigenvalue weighted by atomic mass is 10.2. The second-order valence-corrected chi connectivity index (χ2v) is 6.51. The molecule has 0 aliphatic rings. The van der Waals surface area contributed by atoms with Crippen molar-refractivity contribution < 1.29 is 0 Å². The Kier molecular flexibility index (Phi) is 3.47. The average molecular weight is 334 g/mol. The molecule has 7 heteroatoms. The van der Waals surface area contributed by atoms with E-state index in [4.69, 9.17) is 0 Å². The summed E-state index contributed by atoms with van der Waals surface area (Å²) < 4.78 is 3.72. The maximum absolute atomic E-state index is 9.47. The van der Waals surface area contributed by atoms with Crippen molar-refractivity contribution in [3.63, 3.8) is 0 Å². The van der Waals surface area contributed by atoms with Crippen LogP contribution in [0.25, 0.3) is 11.3 Å². The van der Waals surface area contributed by atoms with E-state index >= 15 is 0 Å². The highest BCUT2D eigenvalue weighted by molar-refractivity contribution is 7.98. The molecule has 0 saturated heterocycles. The van der Waals surface area contributed by atoms with Crippen molar-refractivity contribution in [2.24, 2.45) is 0 Å². The topological polar surface area (TPSA) is 71.3 Å². The van der Waals surface area contributed by atoms with Gasteiger partial charge in [-0.25, -0.2) is 9.50 Å². The van der Waals surface area contributed by atoms with Gasteiger partial charge in [-0.15, -0.1) is 5.10 Å².